The number of ether oxygens (including phenoxy) is 1. The predicted molar refractivity (Wildman–Crippen MR) is 126 cm³/mol. The van der Waals surface area contributed by atoms with Gasteiger partial charge in [-0.1, -0.05) is 61.1 Å². The largest absolute Gasteiger partial charge is 0.458 e. The summed E-state index contributed by atoms with van der Waals surface area (Å²) in [6.45, 7) is 9.47. The summed E-state index contributed by atoms with van der Waals surface area (Å²) in [5.74, 6) is -0.562. The van der Waals surface area contributed by atoms with E-state index in [1.54, 1.807) is 13.0 Å². The summed E-state index contributed by atoms with van der Waals surface area (Å²) in [5, 5.41) is 6.13. The van der Waals surface area contributed by atoms with Gasteiger partial charge in [0.2, 0.25) is 5.91 Å². The first-order valence-corrected chi connectivity index (χ1v) is 11.4. The maximum atomic E-state index is 13.0. The minimum Gasteiger partial charge on any atom is -0.458 e. The molecular formula is C23H26ClN3O3S. The van der Waals surface area contributed by atoms with Gasteiger partial charge in [-0.25, -0.2) is 9.79 Å². The molecule has 31 heavy (non-hydrogen) atoms. The Labute approximate surface area is 192 Å². The molecular weight excluding hydrogens is 434 g/mol. The van der Waals surface area contributed by atoms with Crippen molar-refractivity contribution in [3.63, 3.8) is 0 Å². The number of fused-ring (bicyclic) bond motifs is 1. The van der Waals surface area contributed by atoms with Crippen LogP contribution >= 0.6 is 23.4 Å². The van der Waals surface area contributed by atoms with Crippen molar-refractivity contribution in [3.8, 4) is 0 Å². The van der Waals surface area contributed by atoms with Crippen LogP contribution in [0.4, 0.5) is 0 Å². The molecule has 0 bridgehead atoms. The summed E-state index contributed by atoms with van der Waals surface area (Å²) in [7, 11) is 0. The number of nitrogens with zero attached hydrogens (tertiary/aromatic N) is 2. The Morgan fingerprint density at radius 3 is 2.84 bits per heavy atom. The van der Waals surface area contributed by atoms with Gasteiger partial charge in [-0.3, -0.25) is 4.79 Å². The summed E-state index contributed by atoms with van der Waals surface area (Å²) >= 11 is 7.98. The van der Waals surface area contributed by atoms with Crippen molar-refractivity contribution in [1.82, 2.24) is 10.2 Å². The molecule has 0 saturated heterocycles. The fourth-order valence-corrected chi connectivity index (χ4v) is 4.63. The lowest BCUT2D eigenvalue weighted by Gasteiger charge is -2.36. The number of hydrogen-bond acceptors (Lipinski definition) is 6. The van der Waals surface area contributed by atoms with Gasteiger partial charge < -0.3 is 15.0 Å². The molecule has 0 aromatic heterocycles. The van der Waals surface area contributed by atoms with E-state index in [0.29, 0.717) is 21.5 Å². The molecule has 0 unspecified atom stereocenters. The number of hydrogen-bond donors (Lipinski definition) is 1. The number of rotatable bonds is 8. The number of allylic oxidation sites excluding steroid dienone is 1. The molecule has 0 fully saturated rings. The Kier molecular flexibility index (Phi) is 7.62. The van der Waals surface area contributed by atoms with E-state index >= 15 is 0 Å². The zero-order valence-corrected chi connectivity index (χ0v) is 19.4. The number of carbonyl (C=O) groups excluding carboxylic acids is 2. The maximum Gasteiger partial charge on any atom is 0.338 e. The van der Waals surface area contributed by atoms with Crippen LogP contribution in [0, 0.1) is 0 Å². The van der Waals surface area contributed by atoms with Crippen molar-refractivity contribution < 1.29 is 14.3 Å². The van der Waals surface area contributed by atoms with Gasteiger partial charge in [0.1, 0.15) is 6.61 Å². The summed E-state index contributed by atoms with van der Waals surface area (Å²) in [6, 6.07) is 6.91. The first kappa shape index (κ1) is 23.2. The minimum atomic E-state index is -0.545. The average Bonchev–Trinajstić information content (AvgIpc) is 3.13. The fraction of sp³-hybridized carbons (Fsp3) is 0.348. The van der Waals surface area contributed by atoms with Crippen molar-refractivity contribution in [2.75, 3.05) is 6.61 Å². The molecule has 1 N–H and O–H groups in total. The second-order valence-corrected chi connectivity index (χ2v) is 8.60. The standard InChI is InChI=1S/C23H26ClN3O3S/c1-5-11-30-22(29)20-15(4)26-23-27(21(20)17-9-7-8-10-18(17)24)16(13-31-23)12-19(28)25-14(3)6-2/h5,7-10,13-14,21H,1,6,11-12H2,2-4H3,(H,25,28)/t14-,21-/m1/s1. The molecule has 8 heteroatoms. The van der Waals surface area contributed by atoms with Crippen LogP contribution in [0.1, 0.15) is 45.2 Å². The zero-order chi connectivity index (χ0) is 22.5. The van der Waals surface area contributed by atoms with Crippen LogP contribution in [0.2, 0.25) is 5.02 Å². The smallest absolute Gasteiger partial charge is 0.338 e. The Hall–Kier alpha value is -2.51. The lowest BCUT2D eigenvalue weighted by atomic mass is 9.93. The Morgan fingerprint density at radius 2 is 2.16 bits per heavy atom. The van der Waals surface area contributed by atoms with Gasteiger partial charge in [0.15, 0.2) is 5.17 Å². The summed E-state index contributed by atoms with van der Waals surface area (Å²) in [6.07, 6.45) is 2.54. The second kappa shape index (κ2) is 10.2. The van der Waals surface area contributed by atoms with E-state index in [1.165, 1.54) is 17.8 Å². The van der Waals surface area contributed by atoms with Crippen molar-refractivity contribution >= 4 is 40.4 Å². The number of esters is 1. The molecule has 0 spiro atoms. The highest BCUT2D eigenvalue weighted by atomic mass is 35.5. The molecule has 1 amide bonds. The van der Waals surface area contributed by atoms with Crippen LogP contribution < -0.4 is 5.32 Å². The Balaban J connectivity index is 2.01. The molecule has 0 aliphatic carbocycles. The normalized spacial score (nSPS) is 18.7. The van der Waals surface area contributed by atoms with Gasteiger partial charge in [0, 0.05) is 16.8 Å². The zero-order valence-electron chi connectivity index (χ0n) is 17.9. The number of halogens is 1. The second-order valence-electron chi connectivity index (χ2n) is 7.36. The fourth-order valence-electron chi connectivity index (χ4n) is 3.43. The van der Waals surface area contributed by atoms with E-state index < -0.39 is 12.0 Å². The van der Waals surface area contributed by atoms with E-state index in [9.17, 15) is 9.59 Å². The topological polar surface area (TPSA) is 71.0 Å². The van der Waals surface area contributed by atoms with Gasteiger partial charge in [-0.05, 0) is 37.3 Å². The lowest BCUT2D eigenvalue weighted by molar-refractivity contribution is -0.138. The third-order valence-corrected chi connectivity index (χ3v) is 6.35. The molecule has 6 nitrogen and oxygen atoms in total. The van der Waals surface area contributed by atoms with Crippen molar-refractivity contribution in [1.29, 1.82) is 0 Å². The van der Waals surface area contributed by atoms with E-state index in [2.05, 4.69) is 16.9 Å². The van der Waals surface area contributed by atoms with Gasteiger partial charge in [0.05, 0.1) is 23.7 Å². The lowest BCUT2D eigenvalue weighted by Crippen LogP contribution is -2.39. The van der Waals surface area contributed by atoms with E-state index in [0.717, 1.165) is 17.7 Å². The SMILES string of the molecule is C=CCOC(=O)C1=C(C)N=C2SC=C(CC(=O)N[C@H](C)CC)N2[C@@H]1c1ccccc1Cl. The molecule has 0 saturated carbocycles. The summed E-state index contributed by atoms with van der Waals surface area (Å²) < 4.78 is 5.37. The number of aliphatic imine (C=N–C) groups is 1. The van der Waals surface area contributed by atoms with Gasteiger partial charge >= 0.3 is 5.97 Å². The molecule has 1 aromatic rings. The van der Waals surface area contributed by atoms with Crippen molar-refractivity contribution in [2.24, 2.45) is 4.99 Å². The first-order chi connectivity index (χ1) is 14.9. The first-order valence-electron chi connectivity index (χ1n) is 10.1. The highest BCUT2D eigenvalue weighted by Crippen LogP contribution is 2.46. The van der Waals surface area contributed by atoms with Gasteiger partial charge in [-0.2, -0.15) is 0 Å². The molecule has 164 valence electrons. The van der Waals surface area contributed by atoms with Gasteiger partial charge in [-0.15, -0.1) is 0 Å². The van der Waals surface area contributed by atoms with Crippen molar-refractivity contribution in [3.05, 3.63) is 69.9 Å². The monoisotopic (exact) mass is 459 g/mol. The van der Waals surface area contributed by atoms with Crippen LogP contribution in [-0.2, 0) is 14.3 Å². The number of carbonyl (C=O) groups is 2. The van der Waals surface area contributed by atoms with Crippen LogP contribution in [0.15, 0.2) is 64.3 Å². The van der Waals surface area contributed by atoms with Crippen LogP contribution in [0.5, 0.6) is 0 Å². The number of benzene rings is 1. The van der Waals surface area contributed by atoms with Gasteiger partial charge in [0.25, 0.3) is 0 Å². The molecule has 2 aliphatic rings. The summed E-state index contributed by atoms with van der Waals surface area (Å²) in [5.41, 5.74) is 2.47. The molecule has 2 aliphatic heterocycles. The van der Waals surface area contributed by atoms with E-state index in [4.69, 9.17) is 16.3 Å². The predicted octanol–water partition coefficient (Wildman–Crippen LogP) is 4.95. The minimum absolute atomic E-state index is 0.0811. The highest BCUT2D eigenvalue weighted by molar-refractivity contribution is 8.16. The molecule has 3 rings (SSSR count). The number of amidine groups is 1. The van der Waals surface area contributed by atoms with Crippen LogP contribution in [0.3, 0.4) is 0 Å². The Bertz CT molecular complexity index is 986. The third kappa shape index (κ3) is 5.05. The number of nitrogens with one attached hydrogen (secondary N) is 1. The summed E-state index contributed by atoms with van der Waals surface area (Å²) in [4.78, 5) is 32.1. The highest BCUT2D eigenvalue weighted by Gasteiger charge is 2.41. The molecule has 0 radical (unpaired) electrons. The molecule has 2 atom stereocenters. The average molecular weight is 460 g/mol. The quantitative estimate of drug-likeness (QED) is 0.440. The van der Waals surface area contributed by atoms with E-state index in [1.807, 2.05) is 42.4 Å². The molecule has 1 aromatic carbocycles. The maximum absolute atomic E-state index is 13.0. The molecule has 2 heterocycles. The van der Waals surface area contributed by atoms with Crippen LogP contribution in [0.25, 0.3) is 0 Å². The van der Waals surface area contributed by atoms with Crippen LogP contribution in [-0.4, -0.2) is 34.6 Å². The number of thioether (sulfide) groups is 1. The Morgan fingerprint density at radius 1 is 1.42 bits per heavy atom. The third-order valence-electron chi connectivity index (χ3n) is 5.11. The number of amides is 1. The van der Waals surface area contributed by atoms with Crippen molar-refractivity contribution in [2.45, 2.75) is 45.7 Å². The van der Waals surface area contributed by atoms with E-state index in [-0.39, 0.29) is 25.0 Å².